The zero-order chi connectivity index (χ0) is 31.6. The number of hydrogen-bond acceptors (Lipinski definition) is 8. The smallest absolute Gasteiger partial charge is 0.407 e. The highest BCUT2D eigenvalue weighted by atomic mass is 32.2. The second-order valence-corrected chi connectivity index (χ2v) is 14.7. The van der Waals surface area contributed by atoms with Gasteiger partial charge in [0.05, 0.1) is 24.1 Å². The largest absolute Gasteiger partial charge is 0.453 e. The van der Waals surface area contributed by atoms with E-state index < -0.39 is 9.84 Å². The number of aryl methyl sites for hydroxylation is 1. The quantitative estimate of drug-likeness (QED) is 0.366. The van der Waals surface area contributed by atoms with Crippen molar-refractivity contribution in [2.45, 2.75) is 66.4 Å². The van der Waals surface area contributed by atoms with Gasteiger partial charge in [-0.05, 0) is 91.9 Å². The van der Waals surface area contributed by atoms with E-state index in [2.05, 4.69) is 50.5 Å². The van der Waals surface area contributed by atoms with Gasteiger partial charge in [0.25, 0.3) is 0 Å². The van der Waals surface area contributed by atoms with Gasteiger partial charge in [0.2, 0.25) is 9.84 Å². The molecule has 1 aliphatic carbocycles. The van der Waals surface area contributed by atoms with Crippen molar-refractivity contribution >= 4 is 21.6 Å². The maximum absolute atomic E-state index is 12.8. The van der Waals surface area contributed by atoms with E-state index in [4.69, 9.17) is 4.74 Å². The molecule has 2 saturated heterocycles. The molecule has 1 amide bonds. The van der Waals surface area contributed by atoms with E-state index >= 15 is 0 Å². The Balaban J connectivity index is 0.980. The molecule has 1 saturated carbocycles. The molecule has 0 bridgehead atoms. The number of anilines is 1. The van der Waals surface area contributed by atoms with Crippen LogP contribution in [-0.2, 0) is 28.0 Å². The topological polar surface area (TPSA) is 121 Å². The Morgan fingerprint density at radius 1 is 1.07 bits per heavy atom. The van der Waals surface area contributed by atoms with Crippen molar-refractivity contribution in [1.82, 2.24) is 20.0 Å². The number of sulfone groups is 1. The van der Waals surface area contributed by atoms with Crippen LogP contribution in [0.25, 0.3) is 0 Å². The van der Waals surface area contributed by atoms with Gasteiger partial charge in [-0.2, -0.15) is 10.4 Å². The molecule has 3 aliphatic rings. The predicted octanol–water partition coefficient (Wildman–Crippen LogP) is 4.53. The van der Waals surface area contributed by atoms with Gasteiger partial charge in [-0.3, -0.25) is 9.58 Å². The Morgan fingerprint density at radius 3 is 2.49 bits per heavy atom. The van der Waals surface area contributed by atoms with E-state index in [0.29, 0.717) is 17.8 Å². The molecular formula is C34H42N6O4S. The minimum absolute atomic E-state index is 0.0541. The van der Waals surface area contributed by atoms with E-state index in [-0.39, 0.29) is 28.1 Å². The molecule has 3 heterocycles. The number of alkyl carbamates (subject to hydrolysis) is 1. The molecule has 4 unspecified atom stereocenters. The van der Waals surface area contributed by atoms with Crippen LogP contribution in [0.5, 0.6) is 0 Å². The van der Waals surface area contributed by atoms with Crippen molar-refractivity contribution in [3.63, 3.8) is 0 Å². The van der Waals surface area contributed by atoms with E-state index in [1.165, 1.54) is 29.0 Å². The van der Waals surface area contributed by atoms with Gasteiger partial charge in [0.1, 0.15) is 0 Å². The minimum atomic E-state index is -3.63. The fraction of sp³-hybridized carbons (Fsp3) is 0.500. The zero-order valence-corrected chi connectivity index (χ0v) is 26.8. The Morgan fingerprint density at radius 2 is 1.82 bits per heavy atom. The summed E-state index contributed by atoms with van der Waals surface area (Å²) in [5, 5.41) is 17.2. The average molecular weight is 631 g/mol. The minimum Gasteiger partial charge on any atom is -0.453 e. The molecule has 1 aromatic heterocycles. The summed E-state index contributed by atoms with van der Waals surface area (Å²) >= 11 is 0. The summed E-state index contributed by atoms with van der Waals surface area (Å²) in [5.41, 5.74) is 3.60. The highest BCUT2D eigenvalue weighted by molar-refractivity contribution is 7.91. The lowest BCUT2D eigenvalue weighted by atomic mass is 9.84. The summed E-state index contributed by atoms with van der Waals surface area (Å²) in [6.07, 6.45) is 7.33. The maximum atomic E-state index is 12.8. The highest BCUT2D eigenvalue weighted by Gasteiger charge is 2.35. The third kappa shape index (κ3) is 6.87. The van der Waals surface area contributed by atoms with Crippen LogP contribution in [0.2, 0.25) is 0 Å². The normalized spacial score (nSPS) is 24.2. The molecule has 238 valence electrons. The van der Waals surface area contributed by atoms with Gasteiger partial charge in [-0.1, -0.05) is 30.7 Å². The highest BCUT2D eigenvalue weighted by Crippen LogP contribution is 2.35. The van der Waals surface area contributed by atoms with E-state index in [1.807, 2.05) is 12.1 Å². The summed E-state index contributed by atoms with van der Waals surface area (Å²) in [7, 11) is -0.524. The van der Waals surface area contributed by atoms with Crippen molar-refractivity contribution in [2.24, 2.45) is 18.9 Å². The fourth-order valence-corrected chi connectivity index (χ4v) is 8.51. The Bertz CT molecular complexity index is 1630. The molecule has 3 aromatic rings. The number of nitrogens with zero attached hydrogens (tertiary/aromatic N) is 5. The third-order valence-corrected chi connectivity index (χ3v) is 11.5. The van der Waals surface area contributed by atoms with Gasteiger partial charge in [-0.15, -0.1) is 0 Å². The summed E-state index contributed by atoms with van der Waals surface area (Å²) < 4.78 is 32.0. The number of nitrogens with one attached hydrogen (secondary N) is 1. The lowest BCUT2D eigenvalue weighted by Gasteiger charge is -2.45. The third-order valence-electron chi connectivity index (χ3n) is 9.89. The number of likely N-dealkylation sites (tertiary alicyclic amines) is 1. The molecule has 10 nitrogen and oxygen atoms in total. The zero-order valence-electron chi connectivity index (χ0n) is 26.0. The number of hydrogen-bond donors (Lipinski definition) is 1. The van der Waals surface area contributed by atoms with Crippen molar-refractivity contribution < 1.29 is 17.9 Å². The van der Waals surface area contributed by atoms with Crippen molar-refractivity contribution in [2.75, 3.05) is 38.2 Å². The second kappa shape index (κ2) is 13.2. The van der Waals surface area contributed by atoms with Gasteiger partial charge in [0.15, 0.2) is 5.03 Å². The van der Waals surface area contributed by atoms with Crippen molar-refractivity contribution in [1.29, 1.82) is 5.26 Å². The molecule has 2 aliphatic heterocycles. The molecular weight excluding hydrogens is 588 g/mol. The van der Waals surface area contributed by atoms with Gasteiger partial charge < -0.3 is 15.0 Å². The number of carbonyl (C=O) groups excluding carboxylic acids is 1. The standard InChI is InChI=1S/C34H42N6O4S/c1-38-16-15-33(37-38)45(42,43)31-12-10-29(11-13-31)40-22-25(23-40)21-39-17-14-27(19-30(39)20-35)26-8-6-24(7-9-26)18-28-4-3-5-32(28)36-34(41)44-2/h6-13,15-16,25,27-28,30,32H,3-5,14,17-19,21-23H2,1-2H3,(H,36,41). The van der Waals surface area contributed by atoms with Crippen LogP contribution >= 0.6 is 0 Å². The van der Waals surface area contributed by atoms with Crippen molar-refractivity contribution in [3.8, 4) is 6.07 Å². The summed E-state index contributed by atoms with van der Waals surface area (Å²) in [4.78, 5) is 16.6. The number of methoxy groups -OCH3 is 1. The molecule has 45 heavy (non-hydrogen) atoms. The number of nitriles is 1. The SMILES string of the molecule is COC(=O)NC1CCCC1Cc1ccc(C2CCN(CC3CN(c4ccc(S(=O)(=O)c5ccn(C)n5)cc4)C3)C(C#N)C2)cc1. The summed E-state index contributed by atoms with van der Waals surface area (Å²) in [5.74, 6) is 1.27. The first-order valence-electron chi connectivity index (χ1n) is 15.9. The van der Waals surface area contributed by atoms with Gasteiger partial charge in [0, 0.05) is 50.5 Å². The molecule has 4 atom stereocenters. The fourth-order valence-electron chi connectivity index (χ4n) is 7.30. The molecule has 3 fully saturated rings. The second-order valence-electron chi connectivity index (χ2n) is 12.8. The first-order valence-corrected chi connectivity index (χ1v) is 17.4. The molecule has 6 rings (SSSR count). The van der Waals surface area contributed by atoms with Crippen LogP contribution in [0, 0.1) is 23.2 Å². The van der Waals surface area contributed by atoms with Crippen LogP contribution in [0.3, 0.4) is 0 Å². The van der Waals surface area contributed by atoms with Crippen LogP contribution in [0.4, 0.5) is 10.5 Å². The summed E-state index contributed by atoms with van der Waals surface area (Å²) in [6.45, 7) is 3.59. The van der Waals surface area contributed by atoms with Crippen molar-refractivity contribution in [3.05, 3.63) is 71.9 Å². The van der Waals surface area contributed by atoms with E-state index in [1.54, 1.807) is 25.4 Å². The Hall–Kier alpha value is -3.88. The van der Waals surface area contributed by atoms with Gasteiger partial charge >= 0.3 is 6.09 Å². The molecule has 0 spiro atoms. The number of carbonyl (C=O) groups is 1. The molecule has 11 heteroatoms. The summed E-state index contributed by atoms with van der Waals surface area (Å²) in [6, 6.07) is 20.1. The first kappa shape index (κ1) is 31.1. The average Bonchev–Trinajstić information content (AvgIpc) is 3.68. The molecule has 1 N–H and O–H groups in total. The predicted molar refractivity (Wildman–Crippen MR) is 171 cm³/mol. The van der Waals surface area contributed by atoms with Crippen LogP contribution in [-0.4, -0.2) is 74.6 Å². The van der Waals surface area contributed by atoms with E-state index in [0.717, 1.165) is 70.4 Å². The Labute approximate surface area is 265 Å². The molecule has 2 aromatic carbocycles. The lowest BCUT2D eigenvalue weighted by molar-refractivity contribution is 0.135. The number of benzene rings is 2. The van der Waals surface area contributed by atoms with Crippen LogP contribution < -0.4 is 10.2 Å². The Kier molecular flexibility index (Phi) is 9.15. The monoisotopic (exact) mass is 630 g/mol. The van der Waals surface area contributed by atoms with Crippen LogP contribution in [0.15, 0.2) is 70.7 Å². The number of rotatable bonds is 9. The number of ether oxygens (including phenoxy) is 1. The number of aromatic nitrogens is 2. The number of piperidine rings is 1. The number of amides is 1. The van der Waals surface area contributed by atoms with Gasteiger partial charge in [-0.25, -0.2) is 13.2 Å². The van der Waals surface area contributed by atoms with E-state index in [9.17, 15) is 18.5 Å². The maximum Gasteiger partial charge on any atom is 0.407 e. The molecule has 0 radical (unpaired) electrons. The lowest BCUT2D eigenvalue weighted by Crippen LogP contribution is -2.54. The first-order chi connectivity index (χ1) is 21.7. The van der Waals surface area contributed by atoms with Crippen LogP contribution in [0.1, 0.15) is 49.1 Å².